The summed E-state index contributed by atoms with van der Waals surface area (Å²) in [7, 11) is 0. The lowest BCUT2D eigenvalue weighted by Crippen LogP contribution is -2.59. The Morgan fingerprint density at radius 3 is 1.31 bits per heavy atom. The molecule has 6 atom stereocenters. The zero-order chi connectivity index (χ0) is 46.8. The van der Waals surface area contributed by atoms with E-state index in [0.717, 1.165) is 40.8 Å². The van der Waals surface area contributed by atoms with E-state index in [9.17, 15) is 39.0 Å². The quantitative estimate of drug-likeness (QED) is 0.0798. The molecule has 342 valence electrons. The molecule has 3 heterocycles. The van der Waals surface area contributed by atoms with Gasteiger partial charge in [0.15, 0.2) is 0 Å². The first-order chi connectivity index (χ1) is 31.0. The molecule has 3 fully saturated rings. The maximum absolute atomic E-state index is 14.0. The van der Waals surface area contributed by atoms with Gasteiger partial charge < -0.3 is 47.0 Å². The molecule has 4 aromatic carbocycles. The molecule has 3 saturated heterocycles. The number of amides is 6. The highest BCUT2D eigenvalue weighted by Crippen LogP contribution is 2.49. The second kappa shape index (κ2) is 18.7. The lowest BCUT2D eigenvalue weighted by Gasteiger charge is -2.39. The van der Waals surface area contributed by atoms with Crippen LogP contribution in [0.4, 0.5) is 15.3 Å². The Kier molecular flexibility index (Phi) is 13.2. The summed E-state index contributed by atoms with van der Waals surface area (Å²) in [5.41, 5.74) is 15.6. The van der Waals surface area contributed by atoms with E-state index >= 15 is 0 Å². The average Bonchev–Trinajstić information content (AvgIpc) is 4.06. The molecule has 15 heteroatoms. The van der Waals surface area contributed by atoms with Gasteiger partial charge in [-0.2, -0.15) is 0 Å². The Balaban J connectivity index is 1.23. The first kappa shape index (κ1) is 46.1. The van der Waals surface area contributed by atoms with Crippen molar-refractivity contribution in [3.8, 4) is 11.1 Å². The Hall–Kier alpha value is -6.90. The summed E-state index contributed by atoms with van der Waals surface area (Å²) in [6.07, 6.45) is 0.484. The van der Waals surface area contributed by atoms with E-state index in [0.29, 0.717) is 36.8 Å². The fourth-order valence-corrected chi connectivity index (χ4v) is 10.5. The summed E-state index contributed by atoms with van der Waals surface area (Å²) in [6, 6.07) is 31.5. The fraction of sp³-hybridized carbons (Fsp3) is 0.400. The van der Waals surface area contributed by atoms with Crippen LogP contribution in [0.2, 0.25) is 0 Å². The number of anilines is 1. The number of nitrogens with two attached hydrogens (primary N) is 2. The standard InChI is InChI=1S/C50H59N7O8/c1-30(2)41(53-47(62)63)43(58)55-28-8-26-49(55,45(51)60)36-18-12-34(13-19-36)39-24-25-40(57(39)38-22-16-33(17-23-38)32-10-6-5-7-11-32)35-14-20-37(21-15-35)50(46(52)61)27-9-29-56(50)44(59)42(31(3)4)54-48(64)65/h5-7,10-23,30-31,39-42,53-54H,8-9,24-29H2,1-4H3,(H2,51,60)(H2,52,61)(H,62,63)(H,64,65)/t39-,40-,41-,42-,49-,50-/m0/s1. The number of rotatable bonds is 14. The average molecular weight is 886 g/mol. The van der Waals surface area contributed by atoms with Crippen LogP contribution in [0.3, 0.4) is 0 Å². The van der Waals surface area contributed by atoms with Crippen LogP contribution in [0.1, 0.15) is 101 Å². The van der Waals surface area contributed by atoms with Gasteiger partial charge in [-0.1, -0.05) is 119 Å². The number of nitrogens with zero attached hydrogens (tertiary/aromatic N) is 3. The number of carboxylic acid groups (broad SMARTS) is 2. The molecule has 0 radical (unpaired) electrons. The molecule has 3 aliphatic heterocycles. The van der Waals surface area contributed by atoms with Gasteiger partial charge in [0.2, 0.25) is 23.6 Å². The molecular formula is C50H59N7O8. The van der Waals surface area contributed by atoms with E-state index in [4.69, 9.17) is 11.5 Å². The van der Waals surface area contributed by atoms with Crippen LogP contribution >= 0.6 is 0 Å². The largest absolute Gasteiger partial charge is 0.465 e. The maximum Gasteiger partial charge on any atom is 0.405 e. The monoisotopic (exact) mass is 885 g/mol. The number of primary amides is 2. The molecule has 0 bridgehead atoms. The summed E-state index contributed by atoms with van der Waals surface area (Å²) < 4.78 is 0. The summed E-state index contributed by atoms with van der Waals surface area (Å²) in [4.78, 5) is 83.5. The summed E-state index contributed by atoms with van der Waals surface area (Å²) in [5, 5.41) is 23.7. The topological polar surface area (TPSA) is 229 Å². The Labute approximate surface area is 379 Å². The van der Waals surface area contributed by atoms with Crippen molar-refractivity contribution in [3.63, 3.8) is 0 Å². The van der Waals surface area contributed by atoms with Crippen LogP contribution in [0, 0.1) is 11.8 Å². The predicted octanol–water partition coefficient (Wildman–Crippen LogP) is 6.63. The number of hydrogen-bond acceptors (Lipinski definition) is 7. The lowest BCUT2D eigenvalue weighted by atomic mass is 9.84. The molecule has 6 amide bonds. The van der Waals surface area contributed by atoms with E-state index in [1.807, 2.05) is 66.7 Å². The number of nitrogens with one attached hydrogen (secondary N) is 2. The highest BCUT2D eigenvalue weighted by molar-refractivity contribution is 5.96. The Morgan fingerprint density at radius 2 is 0.954 bits per heavy atom. The molecular weight excluding hydrogens is 827 g/mol. The predicted molar refractivity (Wildman–Crippen MR) is 245 cm³/mol. The molecule has 0 aliphatic carbocycles. The molecule has 0 spiro atoms. The lowest BCUT2D eigenvalue weighted by molar-refractivity contribution is -0.146. The van der Waals surface area contributed by atoms with Gasteiger partial charge in [-0.05, 0) is 95.9 Å². The summed E-state index contributed by atoms with van der Waals surface area (Å²) in [6.45, 7) is 7.48. The van der Waals surface area contributed by atoms with Crippen molar-refractivity contribution in [1.82, 2.24) is 20.4 Å². The van der Waals surface area contributed by atoms with Crippen LogP contribution in [-0.2, 0) is 30.3 Å². The van der Waals surface area contributed by atoms with E-state index in [1.165, 1.54) is 9.80 Å². The maximum atomic E-state index is 14.0. The summed E-state index contributed by atoms with van der Waals surface area (Å²) in [5.74, 6) is -3.11. The number of carbonyl (C=O) groups is 6. The van der Waals surface area contributed by atoms with Crippen LogP contribution < -0.4 is 27.0 Å². The normalized spacial score (nSPS) is 22.8. The zero-order valence-corrected chi connectivity index (χ0v) is 37.3. The van der Waals surface area contributed by atoms with Gasteiger partial charge >= 0.3 is 12.2 Å². The third-order valence-electron chi connectivity index (χ3n) is 13.7. The van der Waals surface area contributed by atoms with Crippen molar-refractivity contribution < 1.29 is 39.0 Å². The number of likely N-dealkylation sites (tertiary alicyclic amines) is 2. The second-order valence-electron chi connectivity index (χ2n) is 18.2. The van der Waals surface area contributed by atoms with E-state index in [2.05, 4.69) is 51.9 Å². The van der Waals surface area contributed by atoms with Crippen LogP contribution in [0.25, 0.3) is 11.1 Å². The van der Waals surface area contributed by atoms with Gasteiger partial charge in [0.1, 0.15) is 23.2 Å². The summed E-state index contributed by atoms with van der Waals surface area (Å²) >= 11 is 0. The minimum Gasteiger partial charge on any atom is -0.465 e. The van der Waals surface area contributed by atoms with Gasteiger partial charge in [0.25, 0.3) is 0 Å². The van der Waals surface area contributed by atoms with Crippen molar-refractivity contribution in [1.29, 1.82) is 0 Å². The first-order valence-corrected chi connectivity index (χ1v) is 22.4. The van der Waals surface area contributed by atoms with Crippen LogP contribution in [0.15, 0.2) is 103 Å². The second-order valence-corrected chi connectivity index (χ2v) is 18.2. The zero-order valence-electron chi connectivity index (χ0n) is 37.3. The molecule has 7 rings (SSSR count). The molecule has 15 nitrogen and oxygen atoms in total. The van der Waals surface area contributed by atoms with Crippen molar-refractivity contribution in [3.05, 3.63) is 125 Å². The third kappa shape index (κ3) is 8.59. The Bertz CT molecular complexity index is 2280. The molecule has 8 N–H and O–H groups in total. The van der Waals surface area contributed by atoms with Crippen molar-refractivity contribution >= 4 is 41.5 Å². The fourth-order valence-electron chi connectivity index (χ4n) is 10.5. The number of hydrogen-bond donors (Lipinski definition) is 6. The van der Waals surface area contributed by atoms with Crippen molar-refractivity contribution in [2.24, 2.45) is 23.3 Å². The van der Waals surface area contributed by atoms with Gasteiger partial charge in [-0.3, -0.25) is 19.2 Å². The van der Waals surface area contributed by atoms with E-state index < -0.39 is 59.0 Å². The van der Waals surface area contributed by atoms with Gasteiger partial charge in [0.05, 0.1) is 12.1 Å². The molecule has 65 heavy (non-hydrogen) atoms. The smallest absolute Gasteiger partial charge is 0.405 e. The van der Waals surface area contributed by atoms with E-state index in [1.54, 1.807) is 27.7 Å². The minimum atomic E-state index is -1.46. The third-order valence-corrected chi connectivity index (χ3v) is 13.7. The van der Waals surface area contributed by atoms with E-state index in [-0.39, 0.29) is 37.0 Å². The van der Waals surface area contributed by atoms with Crippen molar-refractivity contribution in [2.45, 2.75) is 101 Å². The molecule has 0 saturated carbocycles. The highest BCUT2D eigenvalue weighted by Gasteiger charge is 2.53. The van der Waals surface area contributed by atoms with Gasteiger partial charge in [-0.25, -0.2) is 9.59 Å². The van der Waals surface area contributed by atoms with Crippen molar-refractivity contribution in [2.75, 3.05) is 18.0 Å². The SMILES string of the molecule is CC(C)[C@H](NC(=O)O)C(=O)N1CCC[C@@]1(C(N)=O)c1ccc([C@@H]2CC[C@@H](c3ccc([C@]4(C(N)=O)CCCN4C(=O)[C@@H](NC(=O)O)C(C)C)cc3)N2c2ccc(-c3ccccc3)cc2)cc1. The molecule has 0 unspecified atom stereocenters. The van der Waals surface area contributed by atoms with Gasteiger partial charge in [-0.15, -0.1) is 0 Å². The number of carbonyl (C=O) groups excluding carboxylic acids is 4. The van der Waals surface area contributed by atoms with Gasteiger partial charge in [0, 0.05) is 18.8 Å². The first-order valence-electron chi connectivity index (χ1n) is 22.4. The minimum absolute atomic E-state index is 0.123. The molecule has 4 aromatic rings. The molecule has 3 aliphatic rings. The van der Waals surface area contributed by atoms with Crippen LogP contribution in [0.5, 0.6) is 0 Å². The number of benzene rings is 4. The highest BCUT2D eigenvalue weighted by atomic mass is 16.4. The van der Waals surface area contributed by atoms with Crippen LogP contribution in [-0.4, -0.2) is 81.0 Å². The Morgan fingerprint density at radius 1 is 0.569 bits per heavy atom. The molecule has 0 aromatic heterocycles.